The lowest BCUT2D eigenvalue weighted by Crippen LogP contribution is -2.24. The molecular formula is C11H8ClF3O2. The number of rotatable bonds is 2. The molecule has 1 fully saturated rings. The predicted octanol–water partition coefficient (Wildman–Crippen LogP) is 3.48. The predicted molar refractivity (Wildman–Crippen MR) is 55.0 cm³/mol. The minimum atomic E-state index is -4.59. The number of carboxylic acid groups (broad SMARTS) is 1. The first-order chi connectivity index (χ1) is 7.77. The lowest BCUT2D eigenvalue weighted by molar-refractivity contribution is -0.142. The van der Waals surface area contributed by atoms with E-state index in [9.17, 15) is 18.0 Å². The van der Waals surface area contributed by atoms with Gasteiger partial charge in [0, 0.05) is 5.02 Å². The Bertz CT molecular complexity index is 478. The highest BCUT2D eigenvalue weighted by Crippen LogP contribution is 2.52. The van der Waals surface area contributed by atoms with Gasteiger partial charge in [-0.25, -0.2) is 0 Å². The van der Waals surface area contributed by atoms with Crippen LogP contribution in [-0.4, -0.2) is 11.1 Å². The van der Waals surface area contributed by atoms with Gasteiger partial charge in [0.05, 0.1) is 11.0 Å². The second-order valence-corrected chi connectivity index (χ2v) is 4.51. The molecule has 1 aromatic carbocycles. The molecule has 2 rings (SSSR count). The van der Waals surface area contributed by atoms with E-state index in [1.807, 2.05) is 0 Å². The SMILES string of the molecule is O=C(O)C1(c2ccc(Cl)cc2C(F)(F)F)CC1. The van der Waals surface area contributed by atoms with Crippen molar-refractivity contribution in [2.45, 2.75) is 24.4 Å². The average molecular weight is 265 g/mol. The van der Waals surface area contributed by atoms with Gasteiger partial charge in [0.2, 0.25) is 0 Å². The number of halogens is 4. The number of aliphatic carboxylic acids is 1. The van der Waals surface area contributed by atoms with Crippen LogP contribution in [0.3, 0.4) is 0 Å². The summed E-state index contributed by atoms with van der Waals surface area (Å²) in [7, 11) is 0. The van der Waals surface area contributed by atoms with Gasteiger partial charge in [0.15, 0.2) is 0 Å². The molecule has 0 spiro atoms. The smallest absolute Gasteiger partial charge is 0.416 e. The van der Waals surface area contributed by atoms with Gasteiger partial charge in [-0.2, -0.15) is 13.2 Å². The zero-order chi connectivity index (χ0) is 12.8. The van der Waals surface area contributed by atoms with Crippen molar-refractivity contribution in [3.05, 3.63) is 34.3 Å². The zero-order valence-corrected chi connectivity index (χ0v) is 9.27. The molecule has 0 amide bonds. The summed E-state index contributed by atoms with van der Waals surface area (Å²) in [5.74, 6) is -1.22. The summed E-state index contributed by atoms with van der Waals surface area (Å²) >= 11 is 5.53. The van der Waals surface area contributed by atoms with Gasteiger partial charge in [-0.1, -0.05) is 17.7 Å². The molecule has 0 aromatic heterocycles. The summed E-state index contributed by atoms with van der Waals surface area (Å²) in [6, 6.07) is 3.22. The minimum absolute atomic E-state index is 0.0535. The number of alkyl halides is 3. The van der Waals surface area contributed by atoms with E-state index in [1.165, 1.54) is 6.07 Å². The first kappa shape index (κ1) is 12.2. The van der Waals surface area contributed by atoms with E-state index in [1.54, 1.807) is 0 Å². The molecule has 6 heteroatoms. The van der Waals surface area contributed by atoms with Gasteiger partial charge >= 0.3 is 12.1 Å². The maximum absolute atomic E-state index is 12.8. The van der Waals surface area contributed by atoms with Crippen LogP contribution < -0.4 is 0 Å². The van der Waals surface area contributed by atoms with Crippen molar-refractivity contribution in [1.29, 1.82) is 0 Å². The van der Waals surface area contributed by atoms with E-state index in [2.05, 4.69) is 0 Å². The molecular weight excluding hydrogens is 257 g/mol. The van der Waals surface area contributed by atoms with E-state index in [0.29, 0.717) is 0 Å². The Morgan fingerprint density at radius 2 is 1.94 bits per heavy atom. The Morgan fingerprint density at radius 1 is 1.35 bits per heavy atom. The van der Waals surface area contributed by atoms with E-state index >= 15 is 0 Å². The molecule has 92 valence electrons. The molecule has 0 saturated heterocycles. The van der Waals surface area contributed by atoms with Crippen LogP contribution in [0.5, 0.6) is 0 Å². The highest BCUT2D eigenvalue weighted by Gasteiger charge is 2.55. The molecule has 0 aliphatic heterocycles. The van der Waals surface area contributed by atoms with Crippen LogP contribution in [0.15, 0.2) is 18.2 Å². The Labute approximate surface area is 100 Å². The van der Waals surface area contributed by atoms with Gasteiger partial charge in [-0.3, -0.25) is 4.79 Å². The Balaban J connectivity index is 2.59. The van der Waals surface area contributed by atoms with E-state index < -0.39 is 23.1 Å². The van der Waals surface area contributed by atoms with E-state index in [4.69, 9.17) is 16.7 Å². The molecule has 1 aliphatic rings. The third-order valence-corrected chi connectivity index (χ3v) is 3.20. The average Bonchev–Trinajstić information content (AvgIpc) is 2.97. The molecule has 1 aromatic rings. The maximum Gasteiger partial charge on any atom is 0.416 e. The summed E-state index contributed by atoms with van der Waals surface area (Å²) in [6.45, 7) is 0. The van der Waals surface area contributed by atoms with Crippen LogP contribution in [0.4, 0.5) is 13.2 Å². The third kappa shape index (κ3) is 1.99. The standard InChI is InChI=1S/C11H8ClF3O2/c12-6-1-2-7(8(5-6)11(13,14)15)10(3-4-10)9(16)17/h1-2,5H,3-4H2,(H,16,17). The van der Waals surface area contributed by atoms with Gasteiger partial charge in [-0.05, 0) is 30.5 Å². The fourth-order valence-electron chi connectivity index (χ4n) is 1.89. The number of carboxylic acids is 1. The van der Waals surface area contributed by atoms with Crippen LogP contribution in [0.25, 0.3) is 0 Å². The molecule has 1 saturated carbocycles. The Hall–Kier alpha value is -1.23. The summed E-state index contributed by atoms with van der Waals surface area (Å²) in [4.78, 5) is 11.0. The van der Waals surface area contributed by atoms with Gasteiger partial charge < -0.3 is 5.11 Å². The first-order valence-corrected chi connectivity index (χ1v) is 5.26. The van der Waals surface area contributed by atoms with Crippen LogP contribution >= 0.6 is 11.6 Å². The number of hydrogen-bond donors (Lipinski definition) is 1. The molecule has 0 atom stereocenters. The molecule has 0 radical (unpaired) electrons. The van der Waals surface area contributed by atoms with Crippen LogP contribution in [0, 0.1) is 0 Å². The quantitative estimate of drug-likeness (QED) is 0.888. The summed E-state index contributed by atoms with van der Waals surface area (Å²) in [5, 5.41) is 8.96. The lowest BCUT2D eigenvalue weighted by atomic mass is 9.91. The first-order valence-electron chi connectivity index (χ1n) is 4.88. The minimum Gasteiger partial charge on any atom is -0.481 e. The molecule has 17 heavy (non-hydrogen) atoms. The van der Waals surface area contributed by atoms with E-state index in [-0.39, 0.29) is 23.4 Å². The van der Waals surface area contributed by atoms with Crippen molar-refractivity contribution in [2.24, 2.45) is 0 Å². The van der Waals surface area contributed by atoms with E-state index in [0.717, 1.165) is 12.1 Å². The summed E-state index contributed by atoms with van der Waals surface area (Å²) < 4.78 is 38.4. The lowest BCUT2D eigenvalue weighted by Gasteiger charge is -2.17. The molecule has 0 bridgehead atoms. The fourth-order valence-corrected chi connectivity index (χ4v) is 2.06. The third-order valence-electron chi connectivity index (χ3n) is 2.96. The number of hydrogen-bond acceptors (Lipinski definition) is 1. The van der Waals surface area contributed by atoms with Crippen molar-refractivity contribution < 1.29 is 23.1 Å². The molecule has 1 aliphatic carbocycles. The van der Waals surface area contributed by atoms with Gasteiger partial charge in [0.1, 0.15) is 0 Å². The second-order valence-electron chi connectivity index (χ2n) is 4.07. The van der Waals surface area contributed by atoms with Crippen molar-refractivity contribution in [3.8, 4) is 0 Å². The Kier molecular flexibility index (Phi) is 2.61. The normalized spacial score (nSPS) is 17.9. The number of benzene rings is 1. The van der Waals surface area contributed by atoms with Crippen molar-refractivity contribution in [1.82, 2.24) is 0 Å². The highest BCUT2D eigenvalue weighted by atomic mass is 35.5. The summed E-state index contributed by atoms with van der Waals surface area (Å²) in [6.07, 6.45) is -4.13. The zero-order valence-electron chi connectivity index (χ0n) is 8.51. The van der Waals surface area contributed by atoms with Crippen LogP contribution in [0.2, 0.25) is 5.02 Å². The van der Waals surface area contributed by atoms with Gasteiger partial charge in [0.25, 0.3) is 0 Å². The van der Waals surface area contributed by atoms with Crippen molar-refractivity contribution in [2.75, 3.05) is 0 Å². The van der Waals surface area contributed by atoms with Crippen molar-refractivity contribution >= 4 is 17.6 Å². The van der Waals surface area contributed by atoms with Gasteiger partial charge in [-0.15, -0.1) is 0 Å². The summed E-state index contributed by atoms with van der Waals surface area (Å²) in [5.41, 5.74) is -2.53. The van der Waals surface area contributed by atoms with Crippen LogP contribution in [-0.2, 0) is 16.4 Å². The van der Waals surface area contributed by atoms with Crippen molar-refractivity contribution in [3.63, 3.8) is 0 Å². The molecule has 0 unspecified atom stereocenters. The molecule has 2 nitrogen and oxygen atoms in total. The highest BCUT2D eigenvalue weighted by molar-refractivity contribution is 6.30. The second kappa shape index (κ2) is 3.63. The maximum atomic E-state index is 12.8. The van der Waals surface area contributed by atoms with Crippen LogP contribution in [0.1, 0.15) is 24.0 Å². The molecule has 0 heterocycles. The Morgan fingerprint density at radius 3 is 2.35 bits per heavy atom. The monoisotopic (exact) mass is 264 g/mol. The molecule has 1 N–H and O–H groups in total. The topological polar surface area (TPSA) is 37.3 Å². The number of carbonyl (C=O) groups is 1. The fraction of sp³-hybridized carbons (Fsp3) is 0.364. The largest absolute Gasteiger partial charge is 0.481 e.